The van der Waals surface area contributed by atoms with Gasteiger partial charge in [-0.3, -0.25) is 9.69 Å². The molecule has 0 spiro atoms. The average Bonchev–Trinajstić information content (AvgIpc) is 2.79. The fourth-order valence-corrected chi connectivity index (χ4v) is 2.44. The molecule has 1 N–H and O–H groups in total. The van der Waals surface area contributed by atoms with E-state index < -0.39 is 0 Å². The highest BCUT2D eigenvalue weighted by molar-refractivity contribution is 6.04. The summed E-state index contributed by atoms with van der Waals surface area (Å²) in [6, 6.07) is 15.4. The number of fused-ring (bicyclic) bond motifs is 1. The summed E-state index contributed by atoms with van der Waals surface area (Å²) >= 11 is 0. The molecule has 0 fully saturated rings. The van der Waals surface area contributed by atoms with Crippen LogP contribution >= 0.6 is 0 Å². The zero-order chi connectivity index (χ0) is 13.2. The summed E-state index contributed by atoms with van der Waals surface area (Å²) in [5.74, 6) is -0.0631. The van der Waals surface area contributed by atoms with E-state index in [9.17, 15) is 4.79 Å². The van der Waals surface area contributed by atoms with Crippen molar-refractivity contribution in [3.63, 3.8) is 0 Å². The highest BCUT2D eigenvalue weighted by atomic mass is 16.1. The molecular formula is C16H16N2O. The highest BCUT2D eigenvalue weighted by Gasteiger charge is 2.16. The van der Waals surface area contributed by atoms with E-state index in [4.69, 9.17) is 0 Å². The summed E-state index contributed by atoms with van der Waals surface area (Å²) in [4.78, 5) is 14.3. The smallest absolute Gasteiger partial charge is 0.255 e. The van der Waals surface area contributed by atoms with E-state index in [0.717, 1.165) is 18.8 Å². The van der Waals surface area contributed by atoms with Crippen LogP contribution in [-0.4, -0.2) is 17.9 Å². The van der Waals surface area contributed by atoms with Gasteiger partial charge in [0.05, 0.1) is 0 Å². The number of hydrogen-bond acceptors (Lipinski definition) is 2. The molecule has 1 aliphatic heterocycles. The fourth-order valence-electron chi connectivity index (χ4n) is 2.44. The maximum atomic E-state index is 12.1. The monoisotopic (exact) mass is 252 g/mol. The first-order valence-electron chi connectivity index (χ1n) is 6.39. The molecule has 96 valence electrons. The van der Waals surface area contributed by atoms with Crippen molar-refractivity contribution in [2.24, 2.45) is 0 Å². The molecule has 3 nitrogen and oxygen atoms in total. The van der Waals surface area contributed by atoms with Crippen molar-refractivity contribution in [1.29, 1.82) is 0 Å². The zero-order valence-electron chi connectivity index (χ0n) is 10.9. The molecule has 0 bridgehead atoms. The van der Waals surface area contributed by atoms with Crippen molar-refractivity contribution < 1.29 is 4.79 Å². The molecule has 0 aromatic heterocycles. The number of rotatable bonds is 2. The summed E-state index contributed by atoms with van der Waals surface area (Å²) < 4.78 is 0. The molecule has 3 rings (SSSR count). The predicted molar refractivity (Wildman–Crippen MR) is 76.0 cm³/mol. The first kappa shape index (κ1) is 11.9. The average molecular weight is 252 g/mol. The summed E-state index contributed by atoms with van der Waals surface area (Å²) in [6.45, 7) is 1.94. The molecule has 0 atom stereocenters. The highest BCUT2D eigenvalue weighted by Crippen LogP contribution is 2.24. The lowest BCUT2D eigenvalue weighted by molar-refractivity contribution is 0.102. The fraction of sp³-hybridized carbons (Fsp3) is 0.188. The maximum Gasteiger partial charge on any atom is 0.255 e. The standard InChI is InChI=1S/C16H16N2O/c1-18-10-13-7-8-15(9-14(13)11-18)17-16(19)12-5-3-2-4-6-12/h2-9H,10-11H2,1H3,(H,17,19). The molecular weight excluding hydrogens is 236 g/mol. The summed E-state index contributed by atoms with van der Waals surface area (Å²) in [5, 5.41) is 2.95. The number of benzene rings is 2. The number of carbonyl (C=O) groups is 1. The van der Waals surface area contributed by atoms with E-state index in [-0.39, 0.29) is 5.91 Å². The van der Waals surface area contributed by atoms with Crippen LogP contribution in [0.3, 0.4) is 0 Å². The van der Waals surface area contributed by atoms with Gasteiger partial charge in [-0.2, -0.15) is 0 Å². The Hall–Kier alpha value is -2.13. The van der Waals surface area contributed by atoms with Crippen LogP contribution in [0.15, 0.2) is 48.5 Å². The van der Waals surface area contributed by atoms with Crippen LogP contribution in [-0.2, 0) is 13.1 Å². The second kappa shape index (κ2) is 4.86. The summed E-state index contributed by atoms with van der Waals surface area (Å²) in [6.07, 6.45) is 0. The molecule has 1 aliphatic rings. The van der Waals surface area contributed by atoms with Crippen LogP contribution in [0.25, 0.3) is 0 Å². The molecule has 1 amide bonds. The quantitative estimate of drug-likeness (QED) is 0.891. The molecule has 0 radical (unpaired) electrons. The van der Waals surface area contributed by atoms with Crippen molar-refractivity contribution in [1.82, 2.24) is 4.90 Å². The molecule has 0 saturated heterocycles. The number of nitrogens with one attached hydrogen (secondary N) is 1. The van der Waals surface area contributed by atoms with Crippen LogP contribution in [0, 0.1) is 0 Å². The minimum absolute atomic E-state index is 0.0631. The van der Waals surface area contributed by atoms with Gasteiger partial charge in [0.15, 0.2) is 0 Å². The topological polar surface area (TPSA) is 32.3 Å². The second-order valence-electron chi connectivity index (χ2n) is 4.98. The normalized spacial score (nSPS) is 14.2. The van der Waals surface area contributed by atoms with Crippen molar-refractivity contribution in [3.05, 3.63) is 65.2 Å². The molecule has 0 unspecified atom stereocenters. The summed E-state index contributed by atoms with van der Waals surface area (Å²) in [5.41, 5.74) is 4.19. The Labute approximate surface area is 112 Å². The number of amides is 1. The number of anilines is 1. The van der Waals surface area contributed by atoms with E-state index in [2.05, 4.69) is 29.4 Å². The predicted octanol–water partition coefficient (Wildman–Crippen LogP) is 2.88. The van der Waals surface area contributed by atoms with Crippen molar-refractivity contribution in [3.8, 4) is 0 Å². The van der Waals surface area contributed by atoms with Crippen LogP contribution in [0.4, 0.5) is 5.69 Å². The lowest BCUT2D eigenvalue weighted by Crippen LogP contribution is -2.11. The second-order valence-corrected chi connectivity index (χ2v) is 4.98. The number of carbonyl (C=O) groups excluding carboxylic acids is 1. The maximum absolute atomic E-state index is 12.1. The van der Waals surface area contributed by atoms with Gasteiger partial charge in [0.25, 0.3) is 5.91 Å². The van der Waals surface area contributed by atoms with Crippen molar-refractivity contribution in [2.45, 2.75) is 13.1 Å². The first-order valence-corrected chi connectivity index (χ1v) is 6.39. The molecule has 2 aromatic carbocycles. The van der Waals surface area contributed by atoms with E-state index in [1.807, 2.05) is 36.4 Å². The van der Waals surface area contributed by atoms with Gasteiger partial charge < -0.3 is 5.32 Å². The van der Waals surface area contributed by atoms with Gasteiger partial charge in [0, 0.05) is 24.3 Å². The van der Waals surface area contributed by atoms with Crippen molar-refractivity contribution >= 4 is 11.6 Å². The van der Waals surface area contributed by atoms with Gasteiger partial charge in [0.1, 0.15) is 0 Å². The van der Waals surface area contributed by atoms with Crippen LogP contribution < -0.4 is 5.32 Å². The van der Waals surface area contributed by atoms with Gasteiger partial charge >= 0.3 is 0 Å². The Bertz CT molecular complexity index is 607. The van der Waals surface area contributed by atoms with Gasteiger partial charge in [-0.05, 0) is 42.4 Å². The third-order valence-electron chi connectivity index (χ3n) is 3.38. The first-order chi connectivity index (χ1) is 9.22. The Morgan fingerprint density at radius 1 is 1.05 bits per heavy atom. The van der Waals surface area contributed by atoms with E-state index >= 15 is 0 Å². The Kier molecular flexibility index (Phi) is 3.05. The lowest BCUT2D eigenvalue weighted by Gasteiger charge is -2.07. The molecule has 0 aliphatic carbocycles. The van der Waals surface area contributed by atoms with Gasteiger partial charge in [0.2, 0.25) is 0 Å². The molecule has 19 heavy (non-hydrogen) atoms. The van der Waals surface area contributed by atoms with E-state index in [1.54, 1.807) is 0 Å². The third kappa shape index (κ3) is 2.51. The summed E-state index contributed by atoms with van der Waals surface area (Å²) in [7, 11) is 2.10. The van der Waals surface area contributed by atoms with Crippen LogP contribution in [0.1, 0.15) is 21.5 Å². The molecule has 0 saturated carbocycles. The largest absolute Gasteiger partial charge is 0.322 e. The van der Waals surface area contributed by atoms with Crippen molar-refractivity contribution in [2.75, 3.05) is 12.4 Å². The minimum Gasteiger partial charge on any atom is -0.322 e. The molecule has 1 heterocycles. The number of nitrogens with zero attached hydrogens (tertiary/aromatic N) is 1. The third-order valence-corrected chi connectivity index (χ3v) is 3.38. The van der Waals surface area contributed by atoms with Crippen LogP contribution in [0.2, 0.25) is 0 Å². The van der Waals surface area contributed by atoms with Crippen LogP contribution in [0.5, 0.6) is 0 Å². The minimum atomic E-state index is -0.0631. The Morgan fingerprint density at radius 3 is 2.58 bits per heavy atom. The van der Waals surface area contributed by atoms with Gasteiger partial charge in [-0.25, -0.2) is 0 Å². The van der Waals surface area contributed by atoms with E-state index in [0.29, 0.717) is 5.56 Å². The Morgan fingerprint density at radius 2 is 1.79 bits per heavy atom. The van der Waals surface area contributed by atoms with E-state index in [1.165, 1.54) is 11.1 Å². The SMILES string of the molecule is CN1Cc2ccc(NC(=O)c3ccccc3)cc2C1. The molecule has 2 aromatic rings. The van der Waals surface area contributed by atoms with Gasteiger partial charge in [-0.1, -0.05) is 24.3 Å². The Balaban J connectivity index is 1.78. The molecule has 3 heteroatoms. The lowest BCUT2D eigenvalue weighted by atomic mass is 10.1. The van der Waals surface area contributed by atoms with Gasteiger partial charge in [-0.15, -0.1) is 0 Å². The number of hydrogen-bond donors (Lipinski definition) is 1. The zero-order valence-corrected chi connectivity index (χ0v) is 10.9.